The number of amides is 1. The van der Waals surface area contributed by atoms with E-state index in [2.05, 4.69) is 10.3 Å². The summed E-state index contributed by atoms with van der Waals surface area (Å²) < 4.78 is 5.36. The molecule has 0 aliphatic heterocycles. The maximum absolute atomic E-state index is 11.7. The van der Waals surface area contributed by atoms with Gasteiger partial charge in [-0.1, -0.05) is 11.6 Å². The number of carbonyl (C=O) groups is 1. The molecule has 1 amide bonds. The van der Waals surface area contributed by atoms with Crippen molar-refractivity contribution in [1.82, 2.24) is 15.2 Å². The molecule has 1 aromatic heterocycles. The molecular formula is C12H19ClN4O2. The molecule has 0 aromatic carbocycles. The summed E-state index contributed by atoms with van der Waals surface area (Å²) in [6.45, 7) is 2.40. The second-order valence-electron chi connectivity index (χ2n) is 4.26. The van der Waals surface area contributed by atoms with Crippen molar-refractivity contribution >= 4 is 23.3 Å². The smallest absolute Gasteiger partial charge is 0.252 e. The number of hydrogen-bond donors (Lipinski definition) is 2. The van der Waals surface area contributed by atoms with E-state index in [4.69, 9.17) is 22.1 Å². The van der Waals surface area contributed by atoms with Crippen LogP contribution in [0.1, 0.15) is 10.4 Å². The summed E-state index contributed by atoms with van der Waals surface area (Å²) in [4.78, 5) is 17.6. The number of aromatic nitrogens is 1. The summed E-state index contributed by atoms with van der Waals surface area (Å²) in [5.41, 5.74) is 5.85. The number of nitrogens with two attached hydrogens (primary N) is 1. The Morgan fingerprint density at radius 3 is 2.89 bits per heavy atom. The third-order valence-corrected chi connectivity index (χ3v) is 2.65. The summed E-state index contributed by atoms with van der Waals surface area (Å²) in [5.74, 6) is -0.0316. The molecule has 0 atom stereocenters. The standard InChI is InChI=1S/C12H19ClN4O2/c1-17(2)4-6-19-5-3-15-12(18)9-7-10(13)11(14)16-8-9/h7-8H,3-6H2,1-2H3,(H2,14,16)(H,15,18). The lowest BCUT2D eigenvalue weighted by atomic mass is 10.2. The average Bonchev–Trinajstić information content (AvgIpc) is 2.36. The quantitative estimate of drug-likeness (QED) is 0.719. The molecule has 1 heterocycles. The fourth-order valence-corrected chi connectivity index (χ4v) is 1.43. The first-order valence-electron chi connectivity index (χ1n) is 5.92. The molecule has 0 aliphatic rings. The van der Waals surface area contributed by atoms with Crippen LogP contribution in [0.5, 0.6) is 0 Å². The molecule has 19 heavy (non-hydrogen) atoms. The maximum atomic E-state index is 11.7. The number of ether oxygens (including phenoxy) is 1. The molecule has 0 fully saturated rings. The Kier molecular flexibility index (Phi) is 6.55. The van der Waals surface area contributed by atoms with E-state index < -0.39 is 0 Å². The van der Waals surface area contributed by atoms with Crippen LogP contribution in [0.15, 0.2) is 12.3 Å². The third-order valence-electron chi connectivity index (χ3n) is 2.35. The van der Waals surface area contributed by atoms with Gasteiger partial charge in [0.2, 0.25) is 0 Å². The largest absolute Gasteiger partial charge is 0.382 e. The Hall–Kier alpha value is -1.37. The second kappa shape index (κ2) is 7.93. The van der Waals surface area contributed by atoms with Gasteiger partial charge in [0.15, 0.2) is 0 Å². The first-order valence-corrected chi connectivity index (χ1v) is 6.30. The maximum Gasteiger partial charge on any atom is 0.252 e. The molecule has 7 heteroatoms. The van der Waals surface area contributed by atoms with E-state index in [1.54, 1.807) is 0 Å². The van der Waals surface area contributed by atoms with Gasteiger partial charge in [-0.2, -0.15) is 0 Å². The van der Waals surface area contributed by atoms with Gasteiger partial charge in [-0.3, -0.25) is 4.79 Å². The second-order valence-corrected chi connectivity index (χ2v) is 4.67. The molecular weight excluding hydrogens is 268 g/mol. The van der Waals surface area contributed by atoms with E-state index in [1.165, 1.54) is 12.3 Å². The number of rotatable bonds is 7. The molecule has 1 aromatic rings. The highest BCUT2D eigenvalue weighted by Gasteiger charge is 2.07. The highest BCUT2D eigenvalue weighted by atomic mass is 35.5. The van der Waals surface area contributed by atoms with Crippen molar-refractivity contribution in [2.45, 2.75) is 0 Å². The van der Waals surface area contributed by atoms with E-state index in [-0.39, 0.29) is 16.7 Å². The number of likely N-dealkylation sites (N-methyl/N-ethyl adjacent to an activating group) is 1. The summed E-state index contributed by atoms with van der Waals surface area (Å²) in [6, 6.07) is 1.49. The van der Waals surface area contributed by atoms with Crippen LogP contribution in [-0.4, -0.2) is 56.2 Å². The van der Waals surface area contributed by atoms with Gasteiger partial charge in [-0.05, 0) is 20.2 Å². The topological polar surface area (TPSA) is 80.5 Å². The number of carbonyl (C=O) groups excluding carboxylic acids is 1. The van der Waals surface area contributed by atoms with Gasteiger partial charge in [0.05, 0.1) is 23.8 Å². The van der Waals surface area contributed by atoms with E-state index in [0.717, 1.165) is 6.54 Å². The fraction of sp³-hybridized carbons (Fsp3) is 0.500. The molecule has 0 bridgehead atoms. The van der Waals surface area contributed by atoms with Crippen molar-refractivity contribution in [2.75, 3.05) is 46.1 Å². The van der Waals surface area contributed by atoms with Gasteiger partial charge in [-0.15, -0.1) is 0 Å². The number of hydrogen-bond acceptors (Lipinski definition) is 5. The van der Waals surface area contributed by atoms with Crippen LogP contribution in [0, 0.1) is 0 Å². The number of nitrogen functional groups attached to an aromatic ring is 1. The first-order chi connectivity index (χ1) is 9.00. The molecule has 6 nitrogen and oxygen atoms in total. The van der Waals surface area contributed by atoms with Crippen molar-refractivity contribution in [3.63, 3.8) is 0 Å². The molecule has 0 radical (unpaired) electrons. The van der Waals surface area contributed by atoms with E-state index in [0.29, 0.717) is 25.3 Å². The number of nitrogens with zero attached hydrogens (tertiary/aromatic N) is 2. The van der Waals surface area contributed by atoms with Crippen molar-refractivity contribution in [1.29, 1.82) is 0 Å². The predicted octanol–water partition coefficient (Wildman–Crippen LogP) is 0.625. The van der Waals surface area contributed by atoms with Gasteiger partial charge in [-0.25, -0.2) is 4.98 Å². The molecule has 0 unspecified atom stereocenters. The number of nitrogens with one attached hydrogen (secondary N) is 1. The molecule has 0 saturated heterocycles. The zero-order valence-corrected chi connectivity index (χ0v) is 11.9. The number of pyridine rings is 1. The summed E-state index contributed by atoms with van der Waals surface area (Å²) >= 11 is 5.79. The molecule has 106 valence electrons. The minimum absolute atomic E-state index is 0.213. The Morgan fingerprint density at radius 2 is 2.26 bits per heavy atom. The number of halogens is 1. The zero-order chi connectivity index (χ0) is 14.3. The molecule has 0 aliphatic carbocycles. The predicted molar refractivity (Wildman–Crippen MR) is 75.4 cm³/mol. The third kappa shape index (κ3) is 5.87. The SMILES string of the molecule is CN(C)CCOCCNC(=O)c1cnc(N)c(Cl)c1. The van der Waals surface area contributed by atoms with E-state index in [9.17, 15) is 4.79 Å². The van der Waals surface area contributed by atoms with E-state index in [1.807, 2.05) is 19.0 Å². The van der Waals surface area contributed by atoms with Crippen LogP contribution in [0.2, 0.25) is 5.02 Å². The number of anilines is 1. The summed E-state index contributed by atoms with van der Waals surface area (Å²) in [6.07, 6.45) is 1.39. The van der Waals surface area contributed by atoms with Crippen molar-refractivity contribution in [3.05, 3.63) is 22.8 Å². The summed E-state index contributed by atoms with van der Waals surface area (Å²) in [7, 11) is 3.95. The van der Waals surface area contributed by atoms with E-state index >= 15 is 0 Å². The van der Waals surface area contributed by atoms with Crippen molar-refractivity contribution in [2.24, 2.45) is 0 Å². The van der Waals surface area contributed by atoms with Crippen LogP contribution in [0.3, 0.4) is 0 Å². The molecule has 0 saturated carbocycles. The van der Waals surface area contributed by atoms with Crippen molar-refractivity contribution < 1.29 is 9.53 Å². The first kappa shape index (κ1) is 15.7. The minimum Gasteiger partial charge on any atom is -0.382 e. The molecule has 3 N–H and O–H groups in total. The Labute approximate surface area is 117 Å². The Bertz CT molecular complexity index is 426. The zero-order valence-electron chi connectivity index (χ0n) is 11.1. The Balaban J connectivity index is 2.26. The fourth-order valence-electron chi connectivity index (χ4n) is 1.26. The van der Waals surface area contributed by atoms with Gasteiger partial charge >= 0.3 is 0 Å². The summed E-state index contributed by atoms with van der Waals surface area (Å²) in [5, 5.41) is 2.99. The van der Waals surface area contributed by atoms with Gasteiger partial charge in [0.25, 0.3) is 5.91 Å². The van der Waals surface area contributed by atoms with Crippen LogP contribution < -0.4 is 11.1 Å². The van der Waals surface area contributed by atoms with Gasteiger partial charge in [0, 0.05) is 19.3 Å². The van der Waals surface area contributed by atoms with Gasteiger partial charge < -0.3 is 20.7 Å². The van der Waals surface area contributed by atoms with Crippen LogP contribution in [0.25, 0.3) is 0 Å². The normalized spacial score (nSPS) is 10.7. The Morgan fingerprint density at radius 1 is 1.53 bits per heavy atom. The van der Waals surface area contributed by atoms with Crippen LogP contribution >= 0.6 is 11.6 Å². The average molecular weight is 287 g/mol. The molecule has 1 rings (SSSR count). The highest BCUT2D eigenvalue weighted by molar-refractivity contribution is 6.33. The van der Waals surface area contributed by atoms with Gasteiger partial charge in [0.1, 0.15) is 5.82 Å². The van der Waals surface area contributed by atoms with Crippen LogP contribution in [-0.2, 0) is 4.74 Å². The lowest BCUT2D eigenvalue weighted by Crippen LogP contribution is -2.28. The highest BCUT2D eigenvalue weighted by Crippen LogP contribution is 2.16. The molecule has 0 spiro atoms. The monoisotopic (exact) mass is 286 g/mol. The minimum atomic E-state index is -0.245. The van der Waals surface area contributed by atoms with Crippen LogP contribution in [0.4, 0.5) is 5.82 Å². The lowest BCUT2D eigenvalue weighted by Gasteiger charge is -2.10. The van der Waals surface area contributed by atoms with Crippen molar-refractivity contribution in [3.8, 4) is 0 Å². The lowest BCUT2D eigenvalue weighted by molar-refractivity contribution is 0.0900.